The SMILES string of the molecule is CC[C@@]1(O)CC[C@H]2C(=CC[C@@H]3[C@@H]2CC[C@]2(C)[C@@H](C(=O)Cn4cccn4)CC[C@@H]32)C1. The molecular formula is C25H36N2O2. The first-order chi connectivity index (χ1) is 13.9. The van der Waals surface area contributed by atoms with E-state index in [0.717, 1.165) is 50.4 Å². The van der Waals surface area contributed by atoms with E-state index in [4.69, 9.17) is 0 Å². The minimum Gasteiger partial charge on any atom is -0.390 e. The predicted octanol–water partition coefficient (Wildman–Crippen LogP) is 4.78. The fourth-order valence-electron chi connectivity index (χ4n) is 7.86. The second-order valence-corrected chi connectivity index (χ2v) is 10.7. The van der Waals surface area contributed by atoms with E-state index >= 15 is 0 Å². The third-order valence-electron chi connectivity index (χ3n) is 9.52. The van der Waals surface area contributed by atoms with Gasteiger partial charge in [-0.05, 0) is 92.9 Å². The van der Waals surface area contributed by atoms with Crippen molar-refractivity contribution in [2.24, 2.45) is 35.0 Å². The average Bonchev–Trinajstić information content (AvgIpc) is 3.34. The lowest BCUT2D eigenvalue weighted by Gasteiger charge is -2.54. The highest BCUT2D eigenvalue weighted by Crippen LogP contribution is 2.63. The highest BCUT2D eigenvalue weighted by Gasteiger charge is 2.57. The lowest BCUT2D eigenvalue weighted by atomic mass is 9.51. The van der Waals surface area contributed by atoms with Crippen LogP contribution in [0.2, 0.25) is 0 Å². The molecule has 0 radical (unpaired) electrons. The van der Waals surface area contributed by atoms with Gasteiger partial charge in [-0.3, -0.25) is 9.48 Å². The predicted molar refractivity (Wildman–Crippen MR) is 113 cm³/mol. The first kappa shape index (κ1) is 19.5. The summed E-state index contributed by atoms with van der Waals surface area (Å²) >= 11 is 0. The topological polar surface area (TPSA) is 55.1 Å². The molecule has 7 atom stereocenters. The van der Waals surface area contributed by atoms with Crippen molar-refractivity contribution < 1.29 is 9.90 Å². The fraction of sp³-hybridized carbons (Fsp3) is 0.760. The van der Waals surface area contributed by atoms with Crippen LogP contribution < -0.4 is 0 Å². The van der Waals surface area contributed by atoms with Crippen LogP contribution in [0, 0.1) is 35.0 Å². The van der Waals surface area contributed by atoms with Crippen molar-refractivity contribution in [1.29, 1.82) is 0 Å². The van der Waals surface area contributed by atoms with Gasteiger partial charge in [0.2, 0.25) is 0 Å². The number of hydrogen-bond donors (Lipinski definition) is 1. The quantitative estimate of drug-likeness (QED) is 0.745. The van der Waals surface area contributed by atoms with Crippen molar-refractivity contribution in [3.8, 4) is 0 Å². The lowest BCUT2D eigenvalue weighted by Crippen LogP contribution is -2.48. The minimum atomic E-state index is -0.463. The van der Waals surface area contributed by atoms with E-state index in [2.05, 4.69) is 25.0 Å². The van der Waals surface area contributed by atoms with Gasteiger partial charge >= 0.3 is 0 Å². The molecular weight excluding hydrogens is 360 g/mol. The first-order valence-corrected chi connectivity index (χ1v) is 11.8. The maximum absolute atomic E-state index is 13.2. The summed E-state index contributed by atoms with van der Waals surface area (Å²) in [5, 5.41) is 15.1. The lowest BCUT2D eigenvalue weighted by molar-refractivity contribution is -0.129. The number of fused-ring (bicyclic) bond motifs is 5. The van der Waals surface area contributed by atoms with Gasteiger partial charge in [-0.25, -0.2) is 0 Å². The van der Waals surface area contributed by atoms with Crippen LogP contribution in [-0.2, 0) is 11.3 Å². The maximum atomic E-state index is 13.2. The molecule has 4 aliphatic carbocycles. The molecule has 158 valence electrons. The number of rotatable bonds is 4. The van der Waals surface area contributed by atoms with Gasteiger partial charge in [0.25, 0.3) is 0 Å². The molecule has 3 saturated carbocycles. The Morgan fingerprint density at radius 2 is 2.10 bits per heavy atom. The van der Waals surface area contributed by atoms with Crippen molar-refractivity contribution in [2.75, 3.05) is 0 Å². The van der Waals surface area contributed by atoms with Gasteiger partial charge in [0.05, 0.1) is 12.1 Å². The summed E-state index contributed by atoms with van der Waals surface area (Å²) in [5.74, 6) is 3.45. The summed E-state index contributed by atoms with van der Waals surface area (Å²) in [6.45, 7) is 4.97. The van der Waals surface area contributed by atoms with Crippen LogP contribution in [0.25, 0.3) is 0 Å². The molecule has 3 fully saturated rings. The number of ketones is 1. The van der Waals surface area contributed by atoms with Crippen molar-refractivity contribution in [3.05, 3.63) is 30.1 Å². The number of aliphatic hydroxyl groups is 1. The van der Waals surface area contributed by atoms with Gasteiger partial charge in [0, 0.05) is 18.3 Å². The number of Topliss-reactive ketones (excluding diaryl/α,β-unsaturated/α-hetero) is 1. The Balaban J connectivity index is 1.34. The molecule has 0 bridgehead atoms. The van der Waals surface area contributed by atoms with E-state index < -0.39 is 5.60 Å². The summed E-state index contributed by atoms with van der Waals surface area (Å²) in [6, 6.07) is 1.90. The fourth-order valence-corrected chi connectivity index (χ4v) is 7.86. The number of hydrogen-bond acceptors (Lipinski definition) is 3. The zero-order valence-corrected chi connectivity index (χ0v) is 18.0. The van der Waals surface area contributed by atoms with Crippen LogP contribution in [0.1, 0.15) is 71.6 Å². The van der Waals surface area contributed by atoms with Gasteiger partial charge in [-0.2, -0.15) is 5.10 Å². The second kappa shape index (κ2) is 7.08. The van der Waals surface area contributed by atoms with Crippen LogP contribution in [0.3, 0.4) is 0 Å². The van der Waals surface area contributed by atoms with Crippen molar-refractivity contribution in [3.63, 3.8) is 0 Å². The zero-order valence-electron chi connectivity index (χ0n) is 18.0. The number of carbonyl (C=O) groups excluding carboxylic acids is 1. The summed E-state index contributed by atoms with van der Waals surface area (Å²) in [7, 11) is 0. The van der Waals surface area contributed by atoms with Gasteiger partial charge in [-0.15, -0.1) is 0 Å². The van der Waals surface area contributed by atoms with Gasteiger partial charge in [-0.1, -0.05) is 25.5 Å². The Kier molecular flexibility index (Phi) is 4.77. The van der Waals surface area contributed by atoms with E-state index in [1.165, 1.54) is 19.3 Å². The molecule has 4 heteroatoms. The molecule has 29 heavy (non-hydrogen) atoms. The molecule has 1 heterocycles. The number of carbonyl (C=O) groups is 1. The van der Waals surface area contributed by atoms with Crippen LogP contribution in [-0.4, -0.2) is 26.3 Å². The highest BCUT2D eigenvalue weighted by atomic mass is 16.3. The molecule has 1 aromatic rings. The number of aromatic nitrogens is 2. The van der Waals surface area contributed by atoms with E-state index in [1.54, 1.807) is 16.5 Å². The van der Waals surface area contributed by atoms with Crippen LogP contribution in [0.15, 0.2) is 30.1 Å². The molecule has 4 aliphatic rings. The standard InChI is InChI=1S/C25H36N2O2/c1-3-25(29)12-10-18-17(15-25)5-6-20-19(18)9-11-24(2)21(20)7-8-22(24)23(28)16-27-14-4-13-26-27/h4-5,13-14,18-22,29H,3,6-12,15-16H2,1-2H3/t18-,19+,20+,21-,22+,24-,25+/m0/s1. The van der Waals surface area contributed by atoms with Crippen LogP contribution >= 0.6 is 0 Å². The minimum absolute atomic E-state index is 0.162. The van der Waals surface area contributed by atoms with Gasteiger partial charge < -0.3 is 5.11 Å². The summed E-state index contributed by atoms with van der Waals surface area (Å²) in [5.41, 5.74) is 1.25. The Bertz CT molecular complexity index is 800. The highest BCUT2D eigenvalue weighted by molar-refractivity contribution is 5.82. The normalized spacial score (nSPS) is 43.8. The van der Waals surface area contributed by atoms with Crippen LogP contribution in [0.5, 0.6) is 0 Å². The molecule has 4 nitrogen and oxygen atoms in total. The summed E-state index contributed by atoms with van der Waals surface area (Å²) in [6.07, 6.45) is 15.9. The Morgan fingerprint density at radius 3 is 2.86 bits per heavy atom. The van der Waals surface area contributed by atoms with Crippen molar-refractivity contribution >= 4 is 5.78 Å². The molecule has 0 aliphatic heterocycles. The third kappa shape index (κ3) is 3.13. The zero-order chi connectivity index (χ0) is 20.2. The number of allylic oxidation sites excluding steroid dienone is 1. The average molecular weight is 397 g/mol. The Morgan fingerprint density at radius 1 is 1.24 bits per heavy atom. The Hall–Kier alpha value is -1.42. The van der Waals surface area contributed by atoms with Crippen molar-refractivity contribution in [1.82, 2.24) is 9.78 Å². The van der Waals surface area contributed by atoms with E-state index in [-0.39, 0.29) is 11.3 Å². The smallest absolute Gasteiger partial charge is 0.157 e. The first-order valence-electron chi connectivity index (χ1n) is 11.8. The molecule has 0 spiro atoms. The van der Waals surface area contributed by atoms with Crippen molar-refractivity contribution in [2.45, 2.75) is 83.8 Å². The molecule has 5 rings (SSSR count). The van der Waals surface area contributed by atoms with Gasteiger partial charge in [0.1, 0.15) is 0 Å². The molecule has 0 amide bonds. The largest absolute Gasteiger partial charge is 0.390 e. The van der Waals surface area contributed by atoms with Crippen LogP contribution in [0.4, 0.5) is 0 Å². The second-order valence-electron chi connectivity index (χ2n) is 10.7. The molecule has 1 N–H and O–H groups in total. The summed E-state index contributed by atoms with van der Waals surface area (Å²) < 4.78 is 1.79. The molecule has 0 aromatic carbocycles. The monoisotopic (exact) mass is 396 g/mol. The van der Waals surface area contributed by atoms with E-state index in [9.17, 15) is 9.90 Å². The summed E-state index contributed by atoms with van der Waals surface area (Å²) in [4.78, 5) is 13.2. The molecule has 0 unspecified atom stereocenters. The molecule has 0 saturated heterocycles. The maximum Gasteiger partial charge on any atom is 0.157 e. The molecule has 1 aromatic heterocycles. The van der Waals surface area contributed by atoms with E-state index in [1.807, 2.05) is 12.3 Å². The van der Waals surface area contributed by atoms with Gasteiger partial charge in [0.15, 0.2) is 5.78 Å². The van der Waals surface area contributed by atoms with E-state index in [0.29, 0.717) is 24.2 Å². The third-order valence-corrected chi connectivity index (χ3v) is 9.52. The number of nitrogens with zero attached hydrogens (tertiary/aromatic N) is 2. The Labute approximate surface area is 174 Å².